The Morgan fingerprint density at radius 1 is 0.489 bits per heavy atom. The summed E-state index contributed by atoms with van der Waals surface area (Å²) in [5, 5.41) is 0. The monoisotopic (exact) mass is 604 g/mol. The van der Waals surface area contributed by atoms with Crippen molar-refractivity contribution in [2.45, 2.75) is 6.42 Å². The van der Waals surface area contributed by atoms with E-state index >= 15 is 0 Å². The molecule has 0 bridgehead atoms. The van der Waals surface area contributed by atoms with Gasteiger partial charge in [-0.15, -0.1) is 0 Å². The number of aromatic nitrogens is 4. The molecule has 2 unspecified atom stereocenters. The first-order chi connectivity index (χ1) is 23.3. The zero-order valence-corrected chi connectivity index (χ0v) is 25.8. The van der Waals surface area contributed by atoms with Crippen LogP contribution in [0.2, 0.25) is 0 Å². The molecule has 0 saturated carbocycles. The van der Waals surface area contributed by atoms with E-state index in [2.05, 4.69) is 96.0 Å². The van der Waals surface area contributed by atoms with Gasteiger partial charge in [-0.05, 0) is 64.4 Å². The molecular formula is C43H32N4. The summed E-state index contributed by atoms with van der Waals surface area (Å²) in [6.45, 7) is 0. The van der Waals surface area contributed by atoms with Crippen LogP contribution in [0.15, 0.2) is 176 Å². The van der Waals surface area contributed by atoms with Crippen molar-refractivity contribution in [3.8, 4) is 56.4 Å². The van der Waals surface area contributed by atoms with Crippen molar-refractivity contribution in [2.75, 3.05) is 0 Å². The molecular weight excluding hydrogens is 573 g/mol. The second-order valence-corrected chi connectivity index (χ2v) is 12.0. The van der Waals surface area contributed by atoms with Gasteiger partial charge in [0.15, 0.2) is 17.5 Å². The molecule has 8 rings (SSSR count). The Bertz CT molecular complexity index is 2090. The number of fused-ring (bicyclic) bond motifs is 1. The van der Waals surface area contributed by atoms with Gasteiger partial charge in [-0.2, -0.15) is 0 Å². The number of hydrogen-bond acceptors (Lipinski definition) is 4. The van der Waals surface area contributed by atoms with Gasteiger partial charge < -0.3 is 0 Å². The predicted octanol–water partition coefficient (Wildman–Crippen LogP) is 10.00. The summed E-state index contributed by atoms with van der Waals surface area (Å²) >= 11 is 0. The largest absolute Gasteiger partial charge is 0.264 e. The van der Waals surface area contributed by atoms with Crippen LogP contribution in [0.3, 0.4) is 0 Å². The molecule has 4 heteroatoms. The molecule has 0 amide bonds. The Balaban J connectivity index is 1.19. The van der Waals surface area contributed by atoms with Crippen LogP contribution in [-0.4, -0.2) is 19.9 Å². The van der Waals surface area contributed by atoms with Gasteiger partial charge >= 0.3 is 0 Å². The maximum Gasteiger partial charge on any atom is 0.164 e. The normalized spacial score (nSPS) is 16.5. The SMILES string of the molecule is C1=CC2=CC=CC(Cc3ccc(-c4cc(-c5cccnc5)cc(-c5nc(-c6ccccc6)nc(-c6ccccc6)n5)c4)cc3)C2C=C1. The molecule has 4 aromatic carbocycles. The zero-order valence-electron chi connectivity index (χ0n) is 25.8. The van der Waals surface area contributed by atoms with Crippen molar-refractivity contribution >= 4 is 0 Å². The summed E-state index contributed by atoms with van der Waals surface area (Å²) in [6, 6.07) is 39.8. The van der Waals surface area contributed by atoms with Gasteiger partial charge in [0.05, 0.1) is 0 Å². The Morgan fingerprint density at radius 2 is 1.11 bits per heavy atom. The molecule has 2 heterocycles. The highest BCUT2D eigenvalue weighted by Crippen LogP contribution is 2.35. The minimum atomic E-state index is 0.435. The van der Waals surface area contributed by atoms with E-state index in [0.717, 1.165) is 45.4 Å². The van der Waals surface area contributed by atoms with Gasteiger partial charge in [-0.3, -0.25) is 4.98 Å². The summed E-state index contributed by atoms with van der Waals surface area (Å²) in [4.78, 5) is 19.3. The Hall–Kier alpha value is -6.00. The molecule has 6 aromatic rings. The highest BCUT2D eigenvalue weighted by atomic mass is 15.0. The van der Waals surface area contributed by atoms with Crippen LogP contribution in [0.1, 0.15) is 5.56 Å². The van der Waals surface area contributed by atoms with Crippen molar-refractivity contribution < 1.29 is 0 Å². The first-order valence-corrected chi connectivity index (χ1v) is 16.0. The van der Waals surface area contributed by atoms with Crippen molar-refractivity contribution in [1.29, 1.82) is 0 Å². The van der Waals surface area contributed by atoms with E-state index in [1.165, 1.54) is 11.1 Å². The minimum absolute atomic E-state index is 0.435. The number of hydrogen-bond donors (Lipinski definition) is 0. The molecule has 2 aromatic heterocycles. The number of nitrogens with zero attached hydrogens (tertiary/aromatic N) is 4. The summed E-state index contributed by atoms with van der Waals surface area (Å²) in [5.41, 5.74) is 9.86. The molecule has 2 atom stereocenters. The second-order valence-electron chi connectivity index (χ2n) is 12.0. The maximum absolute atomic E-state index is 5.02. The molecule has 0 aliphatic heterocycles. The van der Waals surface area contributed by atoms with Crippen LogP contribution in [0.25, 0.3) is 56.4 Å². The van der Waals surface area contributed by atoms with Gasteiger partial charge in [0.25, 0.3) is 0 Å². The van der Waals surface area contributed by atoms with Crippen LogP contribution >= 0.6 is 0 Å². The van der Waals surface area contributed by atoms with Crippen molar-refractivity contribution in [1.82, 2.24) is 19.9 Å². The number of benzene rings is 4. The fourth-order valence-electron chi connectivity index (χ4n) is 6.42. The first-order valence-electron chi connectivity index (χ1n) is 16.0. The highest BCUT2D eigenvalue weighted by Gasteiger charge is 2.23. The van der Waals surface area contributed by atoms with Crippen LogP contribution in [0.4, 0.5) is 0 Å². The summed E-state index contributed by atoms with van der Waals surface area (Å²) in [5.74, 6) is 2.80. The summed E-state index contributed by atoms with van der Waals surface area (Å²) in [6.07, 6.45) is 20.3. The fraction of sp³-hybridized carbons (Fsp3) is 0.0698. The van der Waals surface area contributed by atoms with E-state index in [1.54, 1.807) is 6.20 Å². The number of pyridine rings is 1. The fourth-order valence-corrected chi connectivity index (χ4v) is 6.42. The number of allylic oxidation sites excluding steroid dienone is 8. The van der Waals surface area contributed by atoms with E-state index in [1.807, 2.05) is 72.9 Å². The van der Waals surface area contributed by atoms with Crippen LogP contribution in [0, 0.1) is 11.8 Å². The maximum atomic E-state index is 5.02. The smallest absolute Gasteiger partial charge is 0.164 e. The third-order valence-electron chi connectivity index (χ3n) is 8.86. The molecule has 0 saturated heterocycles. The van der Waals surface area contributed by atoms with E-state index in [0.29, 0.717) is 29.3 Å². The first kappa shape index (κ1) is 28.5. The standard InChI is InChI=1S/C43H32N4/c1-3-12-33(13-4-1)41-45-42(34-14-5-2-6-15-34)47-43(46-41)39-27-37(26-38(28-39)36-18-10-24-44-29-36)31-22-20-30(21-23-31)25-35-17-9-16-32-11-7-8-19-40(32)35/h1-24,26-29,35,40H,25H2. The molecule has 224 valence electrons. The summed E-state index contributed by atoms with van der Waals surface area (Å²) < 4.78 is 0. The van der Waals surface area contributed by atoms with E-state index in [-0.39, 0.29) is 0 Å². The molecule has 0 spiro atoms. The van der Waals surface area contributed by atoms with Crippen LogP contribution < -0.4 is 0 Å². The third kappa shape index (κ3) is 6.14. The third-order valence-corrected chi connectivity index (χ3v) is 8.86. The lowest BCUT2D eigenvalue weighted by atomic mass is 9.77. The molecule has 0 radical (unpaired) electrons. The van der Waals surface area contributed by atoms with Crippen LogP contribution in [0.5, 0.6) is 0 Å². The van der Waals surface area contributed by atoms with Gasteiger partial charge in [0, 0.05) is 40.6 Å². The lowest BCUT2D eigenvalue weighted by Crippen LogP contribution is -2.18. The lowest BCUT2D eigenvalue weighted by molar-refractivity contribution is 0.530. The van der Waals surface area contributed by atoms with E-state index in [4.69, 9.17) is 15.0 Å². The number of rotatable bonds is 7. The molecule has 0 N–H and O–H groups in total. The van der Waals surface area contributed by atoms with E-state index < -0.39 is 0 Å². The van der Waals surface area contributed by atoms with Crippen molar-refractivity contribution in [3.05, 3.63) is 181 Å². The van der Waals surface area contributed by atoms with E-state index in [9.17, 15) is 0 Å². The quantitative estimate of drug-likeness (QED) is 0.182. The molecule has 2 aliphatic carbocycles. The average molecular weight is 605 g/mol. The molecule has 2 aliphatic rings. The Kier molecular flexibility index (Phi) is 7.74. The Labute approximate surface area is 275 Å². The summed E-state index contributed by atoms with van der Waals surface area (Å²) in [7, 11) is 0. The lowest BCUT2D eigenvalue weighted by Gasteiger charge is -2.27. The highest BCUT2D eigenvalue weighted by molar-refractivity contribution is 5.80. The van der Waals surface area contributed by atoms with Gasteiger partial charge in [0.1, 0.15) is 0 Å². The van der Waals surface area contributed by atoms with Gasteiger partial charge in [-0.25, -0.2) is 15.0 Å². The minimum Gasteiger partial charge on any atom is -0.264 e. The molecule has 4 nitrogen and oxygen atoms in total. The topological polar surface area (TPSA) is 51.6 Å². The van der Waals surface area contributed by atoms with Crippen molar-refractivity contribution in [3.63, 3.8) is 0 Å². The van der Waals surface area contributed by atoms with Gasteiger partial charge in [-0.1, -0.05) is 134 Å². The molecule has 0 fully saturated rings. The second kappa shape index (κ2) is 12.8. The van der Waals surface area contributed by atoms with Crippen molar-refractivity contribution in [2.24, 2.45) is 11.8 Å². The predicted molar refractivity (Wildman–Crippen MR) is 191 cm³/mol. The van der Waals surface area contributed by atoms with Gasteiger partial charge in [0.2, 0.25) is 0 Å². The average Bonchev–Trinajstić information content (AvgIpc) is 3.16. The Morgan fingerprint density at radius 3 is 1.77 bits per heavy atom. The molecule has 47 heavy (non-hydrogen) atoms. The zero-order chi connectivity index (χ0) is 31.4. The van der Waals surface area contributed by atoms with Crippen LogP contribution in [-0.2, 0) is 6.42 Å².